The van der Waals surface area contributed by atoms with Crippen LogP contribution in [0.3, 0.4) is 0 Å². The number of carbonyl (C=O) groups excluding carboxylic acids is 1. The first kappa shape index (κ1) is 25.4. The first-order chi connectivity index (χ1) is 12.1. The van der Waals surface area contributed by atoms with Crippen LogP contribution in [0.15, 0.2) is 4.99 Å². The maximum atomic E-state index is 12.2. The molecule has 1 aliphatic heterocycles. The van der Waals surface area contributed by atoms with Gasteiger partial charge in [0, 0.05) is 33.7 Å². The van der Waals surface area contributed by atoms with Gasteiger partial charge in [0.2, 0.25) is 5.91 Å². The maximum Gasteiger partial charge on any atom is 0.239 e. The zero-order valence-corrected chi connectivity index (χ0v) is 19.3. The molecule has 1 aliphatic rings. The lowest BCUT2D eigenvalue weighted by Crippen LogP contribution is -2.43. The smallest absolute Gasteiger partial charge is 0.239 e. The number of guanidine groups is 1. The number of likely N-dealkylation sites (N-methyl/N-ethyl adjacent to an activating group) is 1. The van der Waals surface area contributed by atoms with E-state index in [-0.39, 0.29) is 35.9 Å². The highest BCUT2D eigenvalue weighted by Crippen LogP contribution is 2.18. The van der Waals surface area contributed by atoms with E-state index in [9.17, 15) is 4.79 Å². The van der Waals surface area contributed by atoms with Crippen LogP contribution < -0.4 is 11.1 Å². The summed E-state index contributed by atoms with van der Waals surface area (Å²) in [6.45, 7) is 5.79. The third kappa shape index (κ3) is 10.5. The number of nitrogens with two attached hydrogens (primary N) is 1. The van der Waals surface area contributed by atoms with Gasteiger partial charge in [-0.1, -0.05) is 39.0 Å². The Labute approximate surface area is 177 Å². The number of rotatable bonds is 12. The molecule has 1 unspecified atom stereocenters. The van der Waals surface area contributed by atoms with Gasteiger partial charge in [0.05, 0.1) is 6.04 Å². The molecule has 154 valence electrons. The molecule has 3 N–H and O–H groups in total. The van der Waals surface area contributed by atoms with E-state index >= 15 is 0 Å². The topological polar surface area (TPSA) is 74.0 Å². The molecule has 1 fully saturated rings. The zero-order valence-electron chi connectivity index (χ0n) is 17.0. The Morgan fingerprint density at radius 1 is 1.19 bits per heavy atom. The molecule has 0 spiro atoms. The molecule has 0 aromatic heterocycles. The van der Waals surface area contributed by atoms with Crippen molar-refractivity contribution in [3.05, 3.63) is 0 Å². The molecule has 0 aliphatic carbocycles. The zero-order chi connectivity index (χ0) is 18.5. The molecule has 1 amide bonds. The molecular formula is C19H40IN5O. The third-order valence-corrected chi connectivity index (χ3v) is 4.81. The minimum absolute atomic E-state index is 0. The fraction of sp³-hybridized carbons (Fsp3) is 0.895. The minimum atomic E-state index is 0. The number of unbranched alkanes of at least 4 members (excludes halogenated alkanes) is 5. The van der Waals surface area contributed by atoms with Gasteiger partial charge in [-0.3, -0.25) is 14.7 Å². The van der Waals surface area contributed by atoms with Crippen molar-refractivity contribution in [1.29, 1.82) is 0 Å². The second-order valence-corrected chi connectivity index (χ2v) is 7.24. The van der Waals surface area contributed by atoms with Crippen LogP contribution in [-0.2, 0) is 4.79 Å². The molecule has 1 atom stereocenters. The largest absolute Gasteiger partial charge is 0.370 e. The van der Waals surface area contributed by atoms with Crippen LogP contribution in [-0.4, -0.2) is 68.0 Å². The lowest BCUT2D eigenvalue weighted by molar-refractivity contribution is -0.133. The van der Waals surface area contributed by atoms with Gasteiger partial charge in [-0.25, -0.2) is 0 Å². The highest BCUT2D eigenvalue weighted by atomic mass is 127. The van der Waals surface area contributed by atoms with Crippen molar-refractivity contribution in [3.63, 3.8) is 0 Å². The van der Waals surface area contributed by atoms with Gasteiger partial charge >= 0.3 is 0 Å². The average Bonchev–Trinajstić information content (AvgIpc) is 3.05. The maximum absolute atomic E-state index is 12.2. The molecule has 26 heavy (non-hydrogen) atoms. The number of hydrogen-bond donors (Lipinski definition) is 2. The normalized spacial score (nSPS) is 17.8. The Kier molecular flexibility index (Phi) is 15.1. The molecule has 6 nitrogen and oxygen atoms in total. The Balaban J connectivity index is 0.00000625. The van der Waals surface area contributed by atoms with E-state index in [0.717, 1.165) is 45.3 Å². The number of hydrogen-bond acceptors (Lipinski definition) is 3. The Morgan fingerprint density at radius 2 is 1.88 bits per heavy atom. The SMILES string of the molecule is CCCCCCCCNC(N)=NCCCN1CCCC1C(=O)N(C)C.I. The fourth-order valence-electron chi connectivity index (χ4n) is 3.32. The highest BCUT2D eigenvalue weighted by molar-refractivity contribution is 14.0. The molecule has 0 aromatic carbocycles. The highest BCUT2D eigenvalue weighted by Gasteiger charge is 2.30. The summed E-state index contributed by atoms with van der Waals surface area (Å²) < 4.78 is 0. The summed E-state index contributed by atoms with van der Waals surface area (Å²) in [6.07, 6.45) is 10.7. The molecule has 0 radical (unpaired) electrons. The van der Waals surface area contributed by atoms with Gasteiger partial charge in [0.1, 0.15) is 0 Å². The van der Waals surface area contributed by atoms with Crippen LogP contribution in [0.4, 0.5) is 0 Å². The first-order valence-electron chi connectivity index (χ1n) is 10.0. The van der Waals surface area contributed by atoms with E-state index in [1.54, 1.807) is 4.90 Å². The number of likely N-dealkylation sites (tertiary alicyclic amines) is 1. The second kappa shape index (κ2) is 15.5. The Morgan fingerprint density at radius 3 is 2.58 bits per heavy atom. The summed E-state index contributed by atoms with van der Waals surface area (Å²) in [6, 6.07) is 0.0576. The van der Waals surface area contributed by atoms with Crippen LogP contribution in [0.25, 0.3) is 0 Å². The van der Waals surface area contributed by atoms with Crippen molar-refractivity contribution in [2.45, 2.75) is 70.8 Å². The number of nitrogens with zero attached hydrogens (tertiary/aromatic N) is 3. The molecule has 1 heterocycles. The van der Waals surface area contributed by atoms with Crippen molar-refractivity contribution >= 4 is 35.8 Å². The average molecular weight is 481 g/mol. The van der Waals surface area contributed by atoms with Crippen LogP contribution in [0.1, 0.15) is 64.7 Å². The van der Waals surface area contributed by atoms with Gasteiger partial charge in [-0.2, -0.15) is 0 Å². The Hall–Kier alpha value is -0.570. The van der Waals surface area contributed by atoms with Gasteiger partial charge in [0.25, 0.3) is 0 Å². The van der Waals surface area contributed by atoms with Crippen LogP contribution >= 0.6 is 24.0 Å². The third-order valence-electron chi connectivity index (χ3n) is 4.81. The minimum Gasteiger partial charge on any atom is -0.370 e. The second-order valence-electron chi connectivity index (χ2n) is 7.24. The number of amides is 1. The summed E-state index contributed by atoms with van der Waals surface area (Å²) in [5.74, 6) is 0.775. The fourth-order valence-corrected chi connectivity index (χ4v) is 3.32. The van der Waals surface area contributed by atoms with Gasteiger partial charge in [0.15, 0.2) is 5.96 Å². The quantitative estimate of drug-likeness (QED) is 0.195. The standard InChI is InChI=1S/C19H39N5O.HI/c1-4-5-6-7-8-9-13-21-19(20)22-14-11-16-24-15-10-12-17(24)18(25)23(2)3;/h17H,4-16H2,1-3H3,(H3,20,21,22);1H. The van der Waals surface area contributed by atoms with Gasteiger partial charge in [-0.05, 0) is 32.2 Å². The van der Waals surface area contributed by atoms with E-state index in [0.29, 0.717) is 12.5 Å². The molecule has 0 bridgehead atoms. The molecule has 0 aromatic rings. The predicted molar refractivity (Wildman–Crippen MR) is 121 cm³/mol. The van der Waals surface area contributed by atoms with Crippen LogP contribution in [0, 0.1) is 0 Å². The number of carbonyl (C=O) groups is 1. The molecular weight excluding hydrogens is 441 g/mol. The Bertz CT molecular complexity index is 403. The number of halogens is 1. The van der Waals surface area contributed by atoms with E-state index in [2.05, 4.69) is 22.1 Å². The summed E-state index contributed by atoms with van der Waals surface area (Å²) in [5.41, 5.74) is 5.91. The van der Waals surface area contributed by atoms with E-state index in [4.69, 9.17) is 5.73 Å². The lowest BCUT2D eigenvalue weighted by Gasteiger charge is -2.25. The van der Waals surface area contributed by atoms with E-state index in [1.165, 1.54) is 32.1 Å². The molecule has 1 saturated heterocycles. The van der Waals surface area contributed by atoms with Crippen LogP contribution in [0.5, 0.6) is 0 Å². The monoisotopic (exact) mass is 481 g/mol. The summed E-state index contributed by atoms with van der Waals surface area (Å²) in [4.78, 5) is 20.5. The van der Waals surface area contributed by atoms with Crippen molar-refractivity contribution in [2.24, 2.45) is 10.7 Å². The molecule has 7 heteroatoms. The predicted octanol–water partition coefficient (Wildman–Crippen LogP) is 2.81. The summed E-state index contributed by atoms with van der Waals surface area (Å²) in [7, 11) is 3.67. The first-order valence-corrected chi connectivity index (χ1v) is 10.0. The van der Waals surface area contributed by atoms with Crippen molar-refractivity contribution in [3.8, 4) is 0 Å². The van der Waals surface area contributed by atoms with Crippen LogP contribution in [0.2, 0.25) is 0 Å². The van der Waals surface area contributed by atoms with E-state index < -0.39 is 0 Å². The van der Waals surface area contributed by atoms with Crippen molar-refractivity contribution in [1.82, 2.24) is 15.1 Å². The summed E-state index contributed by atoms with van der Waals surface area (Å²) in [5, 5.41) is 3.20. The van der Waals surface area contributed by atoms with Gasteiger partial charge in [-0.15, -0.1) is 24.0 Å². The van der Waals surface area contributed by atoms with Crippen molar-refractivity contribution in [2.75, 3.05) is 40.3 Å². The van der Waals surface area contributed by atoms with Gasteiger partial charge < -0.3 is 16.0 Å². The number of aliphatic imine (C=N–C) groups is 1. The lowest BCUT2D eigenvalue weighted by atomic mass is 10.1. The van der Waals surface area contributed by atoms with E-state index in [1.807, 2.05) is 14.1 Å². The van der Waals surface area contributed by atoms with Crippen molar-refractivity contribution < 1.29 is 4.79 Å². The molecule has 0 saturated carbocycles. The number of nitrogens with one attached hydrogen (secondary N) is 1. The molecule has 1 rings (SSSR count). The summed E-state index contributed by atoms with van der Waals surface area (Å²) >= 11 is 0.